The topological polar surface area (TPSA) is 152 Å². The van der Waals surface area contributed by atoms with Crippen LogP contribution in [0.4, 0.5) is 4.79 Å². The first-order valence-corrected chi connectivity index (χ1v) is 20.1. The highest BCUT2D eigenvalue weighted by atomic mass is 35.5. The van der Waals surface area contributed by atoms with Crippen LogP contribution in [0.3, 0.4) is 0 Å². The Morgan fingerprint density at radius 1 is 1.14 bits per heavy atom. The van der Waals surface area contributed by atoms with Gasteiger partial charge in [0, 0.05) is 30.3 Å². The molecule has 0 saturated carbocycles. The van der Waals surface area contributed by atoms with E-state index < -0.39 is 43.3 Å². The molecule has 0 radical (unpaired) electrons. The number of carbonyl (C=O) groups is 4. The lowest BCUT2D eigenvalue weighted by molar-refractivity contribution is -0.189. The highest BCUT2D eigenvalue weighted by Gasteiger charge is 2.50. The van der Waals surface area contributed by atoms with Crippen molar-refractivity contribution in [1.29, 1.82) is 0 Å². The quantitative estimate of drug-likeness (QED) is 0.0781. The molecule has 1 atom stereocenters. The van der Waals surface area contributed by atoms with Gasteiger partial charge in [-0.15, -0.1) is 11.6 Å². The number of alkyl carbamates (subject to hydrolysis) is 1. The lowest BCUT2D eigenvalue weighted by Gasteiger charge is -2.35. The zero-order valence-corrected chi connectivity index (χ0v) is 30.7. The van der Waals surface area contributed by atoms with Crippen LogP contribution in [0.15, 0.2) is 29.1 Å². The molecular formula is C35H42ClN3O9Si. The summed E-state index contributed by atoms with van der Waals surface area (Å²) >= 11 is 6.14. The minimum Gasteiger partial charge on any atom is -0.457 e. The molecule has 1 N–H and O–H groups in total. The molecule has 0 fully saturated rings. The Morgan fingerprint density at radius 3 is 2.53 bits per heavy atom. The Labute approximate surface area is 290 Å². The molecule has 0 aliphatic carbocycles. The zero-order valence-electron chi connectivity index (χ0n) is 28.9. The predicted octanol–water partition coefficient (Wildman–Crippen LogP) is 5.01. The van der Waals surface area contributed by atoms with Crippen LogP contribution in [0, 0.1) is 0 Å². The Morgan fingerprint density at radius 2 is 1.88 bits per heavy atom. The molecule has 2 aromatic heterocycles. The summed E-state index contributed by atoms with van der Waals surface area (Å²) in [4.78, 5) is 69.7. The average molecular weight is 712 g/mol. The number of halogens is 1. The number of fused-ring (bicyclic) bond motifs is 5. The first-order valence-electron chi connectivity index (χ1n) is 16.4. The number of ether oxygens (including phenoxy) is 4. The Balaban J connectivity index is 1.59. The van der Waals surface area contributed by atoms with Crippen LogP contribution >= 0.6 is 11.6 Å². The SMILES string of the molecule is CCC1(OC(=O)CCNC(=O)OC(C)(C)C)C(=O)OCc2c1cc1n(c2=O)Cc2c-1nc1ccc(OC(C)=O)cc1c2[Si](C)(C)CCCCl. The minimum atomic E-state index is -2.24. The van der Waals surface area contributed by atoms with E-state index >= 15 is 0 Å². The molecule has 5 rings (SSSR count). The van der Waals surface area contributed by atoms with E-state index in [-0.39, 0.29) is 49.2 Å². The predicted molar refractivity (Wildman–Crippen MR) is 186 cm³/mol. The fourth-order valence-corrected chi connectivity index (χ4v) is 10.3. The van der Waals surface area contributed by atoms with Crippen LogP contribution in [0.2, 0.25) is 19.1 Å². The van der Waals surface area contributed by atoms with Gasteiger partial charge in [-0.25, -0.2) is 14.6 Å². The van der Waals surface area contributed by atoms with Gasteiger partial charge >= 0.3 is 24.0 Å². The first kappa shape index (κ1) is 36.1. The van der Waals surface area contributed by atoms with Crippen LogP contribution in [0.1, 0.15) is 70.6 Å². The lowest BCUT2D eigenvalue weighted by atomic mass is 9.85. The molecule has 12 nitrogen and oxygen atoms in total. The number of rotatable bonds is 10. The number of esters is 3. The molecule has 1 amide bonds. The molecule has 262 valence electrons. The number of benzene rings is 1. The highest BCUT2D eigenvalue weighted by Crippen LogP contribution is 2.41. The largest absolute Gasteiger partial charge is 0.457 e. The molecule has 1 aromatic carbocycles. The summed E-state index contributed by atoms with van der Waals surface area (Å²) in [7, 11) is -2.24. The van der Waals surface area contributed by atoms with Gasteiger partial charge in [0.15, 0.2) is 0 Å². The van der Waals surface area contributed by atoms with Crippen molar-refractivity contribution in [3.63, 3.8) is 0 Å². The molecule has 2 aliphatic heterocycles. The number of hydrogen-bond acceptors (Lipinski definition) is 10. The summed E-state index contributed by atoms with van der Waals surface area (Å²) < 4.78 is 23.6. The number of carbonyl (C=O) groups excluding carboxylic acids is 4. The molecule has 3 aromatic rings. The van der Waals surface area contributed by atoms with E-state index in [0.717, 1.165) is 28.6 Å². The van der Waals surface area contributed by atoms with Crippen molar-refractivity contribution in [3.8, 4) is 17.1 Å². The van der Waals surface area contributed by atoms with Crippen molar-refractivity contribution in [2.45, 2.75) is 97.4 Å². The fourth-order valence-electron chi connectivity index (χ4n) is 6.68. The molecule has 0 bridgehead atoms. The Kier molecular flexibility index (Phi) is 10.00. The van der Waals surface area contributed by atoms with Crippen molar-refractivity contribution in [2.24, 2.45) is 0 Å². The van der Waals surface area contributed by atoms with Crippen molar-refractivity contribution < 1.29 is 38.1 Å². The van der Waals surface area contributed by atoms with Gasteiger partial charge in [0.2, 0.25) is 5.60 Å². The number of pyridine rings is 2. The van der Waals surface area contributed by atoms with E-state index in [2.05, 4.69) is 18.4 Å². The zero-order chi connectivity index (χ0) is 35.9. The van der Waals surface area contributed by atoms with Gasteiger partial charge in [0.1, 0.15) is 18.0 Å². The third-order valence-electron chi connectivity index (χ3n) is 8.79. The number of amides is 1. The van der Waals surface area contributed by atoms with E-state index in [1.807, 2.05) is 6.07 Å². The average Bonchev–Trinajstić information content (AvgIpc) is 3.37. The molecule has 1 unspecified atom stereocenters. The van der Waals surface area contributed by atoms with E-state index in [4.69, 9.17) is 35.5 Å². The molecule has 0 spiro atoms. The normalized spacial score (nSPS) is 16.7. The summed E-state index contributed by atoms with van der Waals surface area (Å²) in [5.41, 5.74) is 0.189. The van der Waals surface area contributed by atoms with Crippen molar-refractivity contribution in [1.82, 2.24) is 14.9 Å². The maximum absolute atomic E-state index is 14.2. The number of hydrogen-bond donors (Lipinski definition) is 1. The number of alkyl halides is 1. The van der Waals surface area contributed by atoms with Crippen molar-refractivity contribution in [3.05, 3.63) is 51.3 Å². The maximum atomic E-state index is 14.2. The Bertz CT molecular complexity index is 1920. The van der Waals surface area contributed by atoms with Crippen molar-refractivity contribution in [2.75, 3.05) is 12.4 Å². The fraction of sp³-hybridized carbons (Fsp3) is 0.486. The van der Waals surface area contributed by atoms with Crippen LogP contribution in [0.25, 0.3) is 22.3 Å². The van der Waals surface area contributed by atoms with E-state index in [1.54, 1.807) is 50.5 Å². The van der Waals surface area contributed by atoms with Gasteiger partial charge in [0.25, 0.3) is 5.56 Å². The number of nitrogens with zero attached hydrogens (tertiary/aromatic N) is 2. The molecule has 14 heteroatoms. The van der Waals surface area contributed by atoms with Gasteiger partial charge in [-0.3, -0.25) is 14.4 Å². The molecule has 4 heterocycles. The first-order chi connectivity index (χ1) is 23.0. The second-order valence-electron chi connectivity index (χ2n) is 14.0. The summed E-state index contributed by atoms with van der Waals surface area (Å²) in [6.07, 6.45) is -0.120. The summed E-state index contributed by atoms with van der Waals surface area (Å²) in [6, 6.07) is 7.91. The lowest BCUT2D eigenvalue weighted by Crippen LogP contribution is -2.47. The number of cyclic esters (lactones) is 1. The van der Waals surface area contributed by atoms with E-state index in [0.29, 0.717) is 28.5 Å². The maximum Gasteiger partial charge on any atom is 0.407 e. The van der Waals surface area contributed by atoms with Crippen LogP contribution in [-0.2, 0) is 47.3 Å². The summed E-state index contributed by atoms with van der Waals surface area (Å²) in [5, 5.41) is 4.45. The molecule has 2 aliphatic rings. The van der Waals surface area contributed by atoms with Gasteiger partial charge in [-0.1, -0.05) is 26.1 Å². The second kappa shape index (κ2) is 13.6. The molecule has 49 heavy (non-hydrogen) atoms. The van der Waals surface area contributed by atoms with Crippen LogP contribution in [-0.4, -0.2) is 59.7 Å². The second-order valence-corrected chi connectivity index (χ2v) is 19.1. The third kappa shape index (κ3) is 7.09. The standard InChI is InChI=1S/C35H42ClN3O9Si/c1-8-35(47-28(41)12-14-37-33(44)48-34(3,4)5)25-17-27-29-23(18-39(27)31(42)24(25)19-45-32(35)43)30(49(6,7)15-9-13-36)22-16-21(46-20(2)40)10-11-26(22)38-29/h10-11,16-17H,8-9,12-15,18-19H2,1-7H3,(H,37,44). The molecular weight excluding hydrogens is 670 g/mol. The summed E-state index contributed by atoms with van der Waals surface area (Å²) in [5.74, 6) is -1.06. The van der Waals surface area contributed by atoms with Gasteiger partial charge in [-0.05, 0) is 68.6 Å². The third-order valence-corrected chi connectivity index (χ3v) is 12.6. The van der Waals surface area contributed by atoms with E-state index in [1.165, 1.54) is 6.92 Å². The van der Waals surface area contributed by atoms with Gasteiger partial charge < -0.3 is 28.8 Å². The Hall–Kier alpha value is -4.23. The van der Waals surface area contributed by atoms with E-state index in [9.17, 15) is 24.0 Å². The van der Waals surface area contributed by atoms with Gasteiger partial charge in [-0.2, -0.15) is 0 Å². The van der Waals surface area contributed by atoms with Crippen LogP contribution < -0.4 is 20.8 Å². The van der Waals surface area contributed by atoms with Crippen molar-refractivity contribution >= 4 is 59.8 Å². The smallest absolute Gasteiger partial charge is 0.407 e. The van der Waals surface area contributed by atoms with Crippen LogP contribution in [0.5, 0.6) is 5.75 Å². The van der Waals surface area contributed by atoms with Gasteiger partial charge in [0.05, 0.1) is 43.5 Å². The number of nitrogens with one attached hydrogen (secondary N) is 1. The highest BCUT2D eigenvalue weighted by molar-refractivity contribution is 6.91. The molecule has 0 saturated heterocycles. The monoisotopic (exact) mass is 711 g/mol. The number of aromatic nitrogens is 2. The summed E-state index contributed by atoms with van der Waals surface area (Å²) in [6.45, 7) is 12.6. The minimum absolute atomic E-state index is 0.00745.